The van der Waals surface area contributed by atoms with Crippen molar-refractivity contribution in [3.8, 4) is 0 Å². The molecule has 1 saturated heterocycles. The van der Waals surface area contributed by atoms with Gasteiger partial charge in [0, 0.05) is 25.0 Å². The lowest BCUT2D eigenvalue weighted by molar-refractivity contribution is -0.141. The summed E-state index contributed by atoms with van der Waals surface area (Å²) in [5, 5.41) is 4.93. The number of pyridine rings is 1. The van der Waals surface area contributed by atoms with Gasteiger partial charge in [0.05, 0.1) is 24.9 Å². The standard InChI is InChI=1S/C22H24ClF5N4O3/c23-16-8-13(20(34)29-10-18(33)30-14-3-6-35-11-14)9-17-31-19(22(26,27)28)15(32(16)17)7-12-1-4-21(24,25)5-2-12/h8-9,12,14H,1-7,10-11H2,(H,29,34)(H,30,33). The highest BCUT2D eigenvalue weighted by atomic mass is 35.5. The molecule has 2 aromatic rings. The van der Waals surface area contributed by atoms with Crippen molar-refractivity contribution < 1.29 is 36.3 Å². The Bertz CT molecular complexity index is 1100. The fourth-order valence-corrected chi connectivity index (χ4v) is 4.80. The van der Waals surface area contributed by atoms with Gasteiger partial charge in [-0.25, -0.2) is 13.8 Å². The summed E-state index contributed by atoms with van der Waals surface area (Å²) in [6, 6.07) is 2.20. The van der Waals surface area contributed by atoms with E-state index in [1.54, 1.807) is 0 Å². The zero-order chi connectivity index (χ0) is 25.4. The normalized spacial score (nSPS) is 20.8. The largest absolute Gasteiger partial charge is 0.435 e. The van der Waals surface area contributed by atoms with Crippen molar-refractivity contribution in [3.05, 3.63) is 34.2 Å². The number of hydrogen-bond acceptors (Lipinski definition) is 4. The molecule has 13 heteroatoms. The van der Waals surface area contributed by atoms with Crippen LogP contribution in [0.15, 0.2) is 12.1 Å². The van der Waals surface area contributed by atoms with Crippen molar-refractivity contribution in [2.24, 2.45) is 5.92 Å². The van der Waals surface area contributed by atoms with Crippen LogP contribution in [0.2, 0.25) is 5.15 Å². The molecule has 4 rings (SSSR count). The Morgan fingerprint density at radius 3 is 2.54 bits per heavy atom. The number of amides is 2. The second-order valence-corrected chi connectivity index (χ2v) is 9.37. The number of ether oxygens (including phenoxy) is 1. The zero-order valence-electron chi connectivity index (χ0n) is 18.6. The second-order valence-electron chi connectivity index (χ2n) is 8.98. The van der Waals surface area contributed by atoms with Crippen molar-refractivity contribution in [2.75, 3.05) is 19.8 Å². The zero-order valence-corrected chi connectivity index (χ0v) is 19.3. The third-order valence-corrected chi connectivity index (χ3v) is 6.60. The lowest BCUT2D eigenvalue weighted by atomic mass is 9.83. The van der Waals surface area contributed by atoms with Gasteiger partial charge in [0.2, 0.25) is 11.8 Å². The monoisotopic (exact) mass is 522 g/mol. The first-order valence-electron chi connectivity index (χ1n) is 11.2. The average molecular weight is 523 g/mol. The maximum absolute atomic E-state index is 13.8. The van der Waals surface area contributed by atoms with Crippen LogP contribution in [-0.4, -0.2) is 52.9 Å². The predicted molar refractivity (Wildman–Crippen MR) is 116 cm³/mol. The number of rotatable bonds is 6. The molecule has 35 heavy (non-hydrogen) atoms. The molecule has 3 heterocycles. The Morgan fingerprint density at radius 2 is 1.91 bits per heavy atom. The van der Waals surface area contributed by atoms with Crippen molar-refractivity contribution in [2.45, 2.75) is 56.7 Å². The smallest absolute Gasteiger partial charge is 0.379 e. The minimum absolute atomic E-state index is 0.0675. The Balaban J connectivity index is 1.53. The molecule has 2 fully saturated rings. The van der Waals surface area contributed by atoms with Gasteiger partial charge in [-0.2, -0.15) is 13.2 Å². The van der Waals surface area contributed by atoms with Gasteiger partial charge in [0.1, 0.15) is 10.8 Å². The molecule has 0 aromatic carbocycles. The lowest BCUT2D eigenvalue weighted by Crippen LogP contribution is -2.42. The number of aromatic nitrogens is 2. The minimum Gasteiger partial charge on any atom is -0.379 e. The van der Waals surface area contributed by atoms with Gasteiger partial charge in [-0.3, -0.25) is 14.0 Å². The van der Waals surface area contributed by atoms with E-state index in [0.717, 1.165) is 10.5 Å². The van der Waals surface area contributed by atoms with Gasteiger partial charge in [0.25, 0.3) is 5.91 Å². The third kappa shape index (κ3) is 6.03. The van der Waals surface area contributed by atoms with Crippen LogP contribution in [0.25, 0.3) is 5.65 Å². The molecule has 7 nitrogen and oxygen atoms in total. The summed E-state index contributed by atoms with van der Waals surface area (Å²) in [5.41, 5.74) is -1.65. The molecule has 2 N–H and O–H groups in total. The highest BCUT2D eigenvalue weighted by molar-refractivity contribution is 6.30. The number of carbonyl (C=O) groups is 2. The van der Waals surface area contributed by atoms with Crippen LogP contribution < -0.4 is 10.6 Å². The Kier molecular flexibility index (Phi) is 7.23. The molecule has 2 aromatic heterocycles. The van der Waals surface area contributed by atoms with Crippen LogP contribution in [0.3, 0.4) is 0 Å². The number of imidazole rings is 1. The molecular formula is C22H24ClF5N4O3. The Hall–Kier alpha value is -2.47. The number of halogens is 6. The number of nitrogens with one attached hydrogen (secondary N) is 2. The van der Waals surface area contributed by atoms with Crippen LogP contribution in [-0.2, 0) is 22.1 Å². The molecule has 1 saturated carbocycles. The van der Waals surface area contributed by atoms with E-state index >= 15 is 0 Å². The molecule has 1 atom stereocenters. The molecular weight excluding hydrogens is 499 g/mol. The predicted octanol–water partition coefficient (Wildman–Crippen LogP) is 4.01. The van der Waals surface area contributed by atoms with E-state index in [1.807, 2.05) is 0 Å². The van der Waals surface area contributed by atoms with E-state index in [-0.39, 0.29) is 72.7 Å². The fourth-order valence-electron chi connectivity index (χ4n) is 4.50. The number of carbonyl (C=O) groups excluding carboxylic acids is 2. The fraction of sp³-hybridized carbons (Fsp3) is 0.591. The Labute approximate surface area is 202 Å². The molecule has 0 bridgehead atoms. The van der Waals surface area contributed by atoms with Gasteiger partial charge >= 0.3 is 6.18 Å². The number of alkyl halides is 5. The Morgan fingerprint density at radius 1 is 1.20 bits per heavy atom. The summed E-state index contributed by atoms with van der Waals surface area (Å²) in [6.07, 6.45) is -4.84. The summed E-state index contributed by atoms with van der Waals surface area (Å²) in [5.74, 6) is -4.32. The second kappa shape index (κ2) is 9.88. The summed E-state index contributed by atoms with van der Waals surface area (Å²) < 4.78 is 74.5. The van der Waals surface area contributed by atoms with Crippen LogP contribution in [0.4, 0.5) is 22.0 Å². The molecule has 2 amide bonds. The van der Waals surface area contributed by atoms with Crippen LogP contribution in [0, 0.1) is 5.92 Å². The van der Waals surface area contributed by atoms with Gasteiger partial charge in [-0.15, -0.1) is 0 Å². The number of nitrogens with zero attached hydrogens (tertiary/aromatic N) is 2. The van der Waals surface area contributed by atoms with Crippen LogP contribution in [0.1, 0.15) is 53.8 Å². The summed E-state index contributed by atoms with van der Waals surface area (Å²) in [7, 11) is 0. The van der Waals surface area contributed by atoms with Crippen LogP contribution >= 0.6 is 11.6 Å². The van der Waals surface area contributed by atoms with Gasteiger partial charge in [-0.1, -0.05) is 11.6 Å². The van der Waals surface area contributed by atoms with E-state index in [9.17, 15) is 31.5 Å². The molecule has 0 spiro atoms. The van der Waals surface area contributed by atoms with Gasteiger partial charge < -0.3 is 15.4 Å². The first-order valence-corrected chi connectivity index (χ1v) is 11.6. The van der Waals surface area contributed by atoms with E-state index in [4.69, 9.17) is 16.3 Å². The maximum Gasteiger partial charge on any atom is 0.435 e. The first-order chi connectivity index (χ1) is 16.4. The van der Waals surface area contributed by atoms with E-state index in [0.29, 0.717) is 19.6 Å². The highest BCUT2D eigenvalue weighted by Gasteiger charge is 2.40. The van der Waals surface area contributed by atoms with E-state index < -0.39 is 29.6 Å². The first kappa shape index (κ1) is 25.6. The summed E-state index contributed by atoms with van der Waals surface area (Å²) in [6.45, 7) is 0.589. The molecule has 1 aliphatic heterocycles. The molecule has 192 valence electrons. The van der Waals surface area contributed by atoms with E-state index in [1.165, 1.54) is 6.07 Å². The summed E-state index contributed by atoms with van der Waals surface area (Å²) in [4.78, 5) is 28.2. The van der Waals surface area contributed by atoms with Gasteiger partial charge in [0.15, 0.2) is 5.69 Å². The third-order valence-electron chi connectivity index (χ3n) is 6.33. The summed E-state index contributed by atoms with van der Waals surface area (Å²) >= 11 is 6.28. The molecule has 1 aliphatic carbocycles. The maximum atomic E-state index is 13.8. The van der Waals surface area contributed by atoms with Crippen molar-refractivity contribution in [1.82, 2.24) is 20.0 Å². The molecule has 2 aliphatic rings. The highest BCUT2D eigenvalue weighted by Crippen LogP contribution is 2.40. The van der Waals surface area contributed by atoms with Crippen molar-refractivity contribution >= 4 is 29.1 Å². The quantitative estimate of drug-likeness (QED) is 0.443. The van der Waals surface area contributed by atoms with Crippen LogP contribution in [0.5, 0.6) is 0 Å². The molecule has 0 radical (unpaired) electrons. The minimum atomic E-state index is -4.80. The average Bonchev–Trinajstić information content (AvgIpc) is 3.41. The van der Waals surface area contributed by atoms with Gasteiger partial charge in [-0.05, 0) is 43.7 Å². The molecule has 1 unspecified atom stereocenters. The number of hydrogen-bond donors (Lipinski definition) is 2. The van der Waals surface area contributed by atoms with Crippen molar-refractivity contribution in [3.63, 3.8) is 0 Å². The number of fused-ring (bicyclic) bond motifs is 1. The van der Waals surface area contributed by atoms with Crippen molar-refractivity contribution in [1.29, 1.82) is 0 Å². The SMILES string of the molecule is O=C(CNC(=O)c1cc(Cl)n2c(CC3CCC(F)(F)CC3)c(C(F)(F)F)nc2c1)NC1CCOC1. The lowest BCUT2D eigenvalue weighted by Gasteiger charge is -2.28. The topological polar surface area (TPSA) is 84.7 Å². The van der Waals surface area contributed by atoms with E-state index in [2.05, 4.69) is 15.6 Å².